The number of hydrogen-bond donors (Lipinski definition) is 0. The number of halogens is 4. The molecule has 0 unspecified atom stereocenters. The van der Waals surface area contributed by atoms with Crippen molar-refractivity contribution in [2.24, 2.45) is 0 Å². The van der Waals surface area contributed by atoms with Crippen LogP contribution in [-0.4, -0.2) is 16.3 Å². The van der Waals surface area contributed by atoms with Crippen LogP contribution in [0, 0.1) is 17.0 Å². The number of nitro groups is 1. The molecule has 1 heterocycles. The lowest BCUT2D eigenvalue weighted by Gasteiger charge is -2.11. The first kappa shape index (κ1) is 13.7. The van der Waals surface area contributed by atoms with Gasteiger partial charge in [-0.1, -0.05) is 15.9 Å². The Bertz CT molecular complexity index is 450. The van der Waals surface area contributed by atoms with Crippen LogP contribution in [0.4, 0.5) is 18.9 Å². The largest absolute Gasteiger partial charge is 0.574 e. The maximum Gasteiger partial charge on any atom is 0.574 e. The Labute approximate surface area is 102 Å². The lowest BCUT2D eigenvalue weighted by Crippen LogP contribution is -2.19. The molecule has 0 saturated heterocycles. The summed E-state index contributed by atoms with van der Waals surface area (Å²) in [4.78, 5) is 13.4. The third kappa shape index (κ3) is 3.55. The molecule has 0 fully saturated rings. The van der Waals surface area contributed by atoms with Crippen LogP contribution in [0.25, 0.3) is 0 Å². The van der Waals surface area contributed by atoms with E-state index in [-0.39, 0.29) is 22.3 Å². The van der Waals surface area contributed by atoms with E-state index in [1.807, 2.05) is 0 Å². The van der Waals surface area contributed by atoms with Gasteiger partial charge in [0.05, 0.1) is 10.3 Å². The van der Waals surface area contributed by atoms with Crippen molar-refractivity contribution in [3.8, 4) is 5.88 Å². The Morgan fingerprint density at radius 1 is 1.59 bits per heavy atom. The average Bonchev–Trinajstić information content (AvgIpc) is 2.18. The summed E-state index contributed by atoms with van der Waals surface area (Å²) in [5.41, 5.74) is -0.535. The molecule has 0 aromatic carbocycles. The van der Waals surface area contributed by atoms with Crippen LogP contribution < -0.4 is 4.74 Å². The summed E-state index contributed by atoms with van der Waals surface area (Å²) in [7, 11) is 0. The molecular weight excluding hydrogens is 309 g/mol. The summed E-state index contributed by atoms with van der Waals surface area (Å²) in [5.74, 6) is -0.683. The second-order valence-corrected chi connectivity index (χ2v) is 3.58. The van der Waals surface area contributed by atoms with Gasteiger partial charge < -0.3 is 4.74 Å². The molecule has 0 aliphatic rings. The number of nitrogens with zero attached hydrogens (tertiary/aromatic N) is 2. The van der Waals surface area contributed by atoms with E-state index in [1.54, 1.807) is 0 Å². The van der Waals surface area contributed by atoms with Crippen molar-refractivity contribution in [2.45, 2.75) is 18.6 Å². The van der Waals surface area contributed by atoms with E-state index in [0.29, 0.717) is 0 Å². The van der Waals surface area contributed by atoms with Gasteiger partial charge in [-0.15, -0.1) is 13.2 Å². The maximum atomic E-state index is 12.0. The highest BCUT2D eigenvalue weighted by Gasteiger charge is 2.33. The van der Waals surface area contributed by atoms with Crippen molar-refractivity contribution in [2.75, 3.05) is 0 Å². The summed E-state index contributed by atoms with van der Waals surface area (Å²) >= 11 is 2.91. The molecule has 17 heavy (non-hydrogen) atoms. The van der Waals surface area contributed by atoms with Crippen LogP contribution >= 0.6 is 15.9 Å². The van der Waals surface area contributed by atoms with E-state index < -0.39 is 17.2 Å². The highest BCUT2D eigenvalue weighted by Crippen LogP contribution is 2.29. The Kier molecular flexibility index (Phi) is 3.91. The monoisotopic (exact) mass is 314 g/mol. The number of aryl methyl sites for hydroxylation is 1. The fraction of sp³-hybridized carbons (Fsp3) is 0.375. The fourth-order valence-corrected chi connectivity index (χ4v) is 1.50. The summed E-state index contributed by atoms with van der Waals surface area (Å²) in [6, 6.07) is 0.991. The van der Waals surface area contributed by atoms with Gasteiger partial charge in [0, 0.05) is 11.6 Å². The molecule has 0 aliphatic carbocycles. The van der Waals surface area contributed by atoms with Crippen molar-refractivity contribution in [3.05, 3.63) is 27.4 Å². The van der Waals surface area contributed by atoms with Gasteiger partial charge in [0.15, 0.2) is 0 Å². The van der Waals surface area contributed by atoms with Crippen LogP contribution in [-0.2, 0) is 5.33 Å². The zero-order valence-corrected chi connectivity index (χ0v) is 10.0. The van der Waals surface area contributed by atoms with Crippen molar-refractivity contribution < 1.29 is 22.8 Å². The Balaban J connectivity index is 3.23. The number of rotatable bonds is 3. The minimum atomic E-state index is -4.88. The van der Waals surface area contributed by atoms with Gasteiger partial charge in [0.1, 0.15) is 5.69 Å². The summed E-state index contributed by atoms with van der Waals surface area (Å²) < 4.78 is 39.7. The first-order chi connectivity index (χ1) is 7.74. The van der Waals surface area contributed by atoms with E-state index >= 15 is 0 Å². The number of hydrogen-bond acceptors (Lipinski definition) is 4. The van der Waals surface area contributed by atoms with Gasteiger partial charge in [-0.3, -0.25) is 10.1 Å². The number of ether oxygens (including phenoxy) is 1. The smallest absolute Gasteiger partial charge is 0.388 e. The molecule has 94 valence electrons. The topological polar surface area (TPSA) is 65.3 Å². The molecule has 0 radical (unpaired) electrons. The van der Waals surface area contributed by atoms with Gasteiger partial charge in [0.25, 0.3) is 5.69 Å². The quantitative estimate of drug-likeness (QED) is 0.488. The summed E-state index contributed by atoms with van der Waals surface area (Å²) in [6.07, 6.45) is -4.88. The van der Waals surface area contributed by atoms with Crippen LogP contribution in [0.2, 0.25) is 0 Å². The van der Waals surface area contributed by atoms with E-state index in [4.69, 9.17) is 0 Å². The van der Waals surface area contributed by atoms with Gasteiger partial charge in [-0.2, -0.15) is 0 Å². The van der Waals surface area contributed by atoms with Crippen molar-refractivity contribution in [1.82, 2.24) is 4.98 Å². The van der Waals surface area contributed by atoms with E-state index in [0.717, 1.165) is 6.07 Å². The van der Waals surface area contributed by atoms with Crippen LogP contribution in [0.5, 0.6) is 5.88 Å². The second-order valence-electron chi connectivity index (χ2n) is 3.01. The molecule has 5 nitrogen and oxygen atoms in total. The molecule has 0 N–H and O–H groups in total. The second kappa shape index (κ2) is 4.86. The third-order valence-electron chi connectivity index (χ3n) is 1.76. The Hall–Kier alpha value is -1.38. The SMILES string of the molecule is Cc1cc([N+](=O)[O-])c(CBr)nc1OC(F)(F)F. The van der Waals surface area contributed by atoms with Crippen LogP contribution in [0.15, 0.2) is 6.07 Å². The van der Waals surface area contributed by atoms with E-state index in [1.165, 1.54) is 6.92 Å². The number of pyridine rings is 1. The molecule has 0 spiro atoms. The summed E-state index contributed by atoms with van der Waals surface area (Å²) in [5, 5.41) is 10.6. The van der Waals surface area contributed by atoms with Crippen molar-refractivity contribution >= 4 is 21.6 Å². The standard InChI is InChI=1S/C8H6BrF3N2O3/c1-4-2-6(14(15)16)5(3-9)13-7(4)17-8(10,11)12/h2H,3H2,1H3. The van der Waals surface area contributed by atoms with Crippen molar-refractivity contribution in [3.63, 3.8) is 0 Å². The van der Waals surface area contributed by atoms with E-state index in [2.05, 4.69) is 25.7 Å². The normalized spacial score (nSPS) is 11.4. The highest BCUT2D eigenvalue weighted by atomic mass is 79.9. The fourth-order valence-electron chi connectivity index (χ4n) is 1.09. The van der Waals surface area contributed by atoms with Gasteiger partial charge in [0.2, 0.25) is 5.88 Å². The van der Waals surface area contributed by atoms with Crippen LogP contribution in [0.3, 0.4) is 0 Å². The molecule has 0 amide bonds. The molecule has 1 aromatic heterocycles. The maximum absolute atomic E-state index is 12.0. The van der Waals surface area contributed by atoms with Gasteiger partial charge in [-0.05, 0) is 6.92 Å². The molecule has 0 atom stereocenters. The first-order valence-electron chi connectivity index (χ1n) is 4.21. The van der Waals surface area contributed by atoms with Gasteiger partial charge in [-0.25, -0.2) is 4.98 Å². The molecular formula is C8H6BrF3N2O3. The number of alkyl halides is 4. The highest BCUT2D eigenvalue weighted by molar-refractivity contribution is 9.08. The molecule has 0 saturated carbocycles. The molecule has 9 heteroatoms. The molecule has 0 bridgehead atoms. The van der Waals surface area contributed by atoms with Gasteiger partial charge >= 0.3 is 6.36 Å². The average molecular weight is 315 g/mol. The third-order valence-corrected chi connectivity index (χ3v) is 2.29. The van der Waals surface area contributed by atoms with E-state index in [9.17, 15) is 23.3 Å². The summed E-state index contributed by atoms with van der Waals surface area (Å²) in [6.45, 7) is 1.25. The minimum Gasteiger partial charge on any atom is -0.388 e. The lowest BCUT2D eigenvalue weighted by molar-refractivity contribution is -0.385. The van der Waals surface area contributed by atoms with Crippen molar-refractivity contribution in [1.29, 1.82) is 0 Å². The van der Waals surface area contributed by atoms with Crippen LogP contribution in [0.1, 0.15) is 11.3 Å². The number of aromatic nitrogens is 1. The Morgan fingerprint density at radius 3 is 2.59 bits per heavy atom. The first-order valence-corrected chi connectivity index (χ1v) is 5.33. The molecule has 0 aliphatic heterocycles. The predicted octanol–water partition coefficient (Wildman–Crippen LogP) is 3.09. The lowest BCUT2D eigenvalue weighted by atomic mass is 10.2. The zero-order valence-electron chi connectivity index (χ0n) is 8.42. The Morgan fingerprint density at radius 2 is 2.18 bits per heavy atom. The zero-order chi connectivity index (χ0) is 13.2. The minimum absolute atomic E-state index is 0.0438. The molecule has 1 aromatic rings. The molecule has 1 rings (SSSR count). The predicted molar refractivity (Wildman–Crippen MR) is 54.9 cm³/mol.